The number of hydrogen-bond donors (Lipinski definition) is 3. The number of nitrogens with one attached hydrogen (secondary N) is 1. The van der Waals surface area contributed by atoms with E-state index in [0.29, 0.717) is 6.42 Å². The third kappa shape index (κ3) is 37.2. The lowest BCUT2D eigenvalue weighted by molar-refractivity contribution is -0.122. The van der Waals surface area contributed by atoms with Crippen molar-refractivity contribution < 1.29 is 15.0 Å². The molecule has 0 aromatic rings. The number of hydrogen-bond acceptors (Lipinski definition) is 3. The van der Waals surface area contributed by atoms with Crippen molar-refractivity contribution in [3.63, 3.8) is 0 Å². The Kier molecular flexibility index (Phi) is 38.9. The molecule has 0 bridgehead atoms. The average molecular weight is 684 g/mol. The van der Waals surface area contributed by atoms with Gasteiger partial charge in [-0.15, -0.1) is 0 Å². The molecule has 3 N–H and O–H groups in total. The highest BCUT2D eigenvalue weighted by Gasteiger charge is 2.17. The van der Waals surface area contributed by atoms with Gasteiger partial charge in [0.25, 0.3) is 0 Å². The van der Waals surface area contributed by atoms with Gasteiger partial charge in [-0.05, 0) is 57.8 Å². The van der Waals surface area contributed by atoms with Gasteiger partial charge in [-0.3, -0.25) is 4.79 Å². The van der Waals surface area contributed by atoms with Gasteiger partial charge in [0, 0.05) is 6.42 Å². The third-order valence-corrected chi connectivity index (χ3v) is 9.25. The number of aliphatic hydroxyl groups excluding tert-OH is 2. The molecule has 0 aromatic heterocycles. The van der Waals surface area contributed by atoms with Crippen molar-refractivity contribution >= 4 is 5.91 Å². The SMILES string of the molecule is CCCCCCCCC/C=C/C/C=C/C/C=C/C/C=C/CCCC(=O)N[C@@H](CO)[C@H](O)/C=C/CCCCCCCCCCCCCCCC. The minimum Gasteiger partial charge on any atom is -0.394 e. The number of unbranched alkanes of at least 4 members (excludes halogenated alkanes) is 22. The third-order valence-electron chi connectivity index (χ3n) is 9.25. The first-order chi connectivity index (χ1) is 24.2. The van der Waals surface area contributed by atoms with Crippen LogP contribution in [0.15, 0.2) is 60.8 Å². The van der Waals surface area contributed by atoms with Crippen LogP contribution in [0.2, 0.25) is 0 Å². The summed E-state index contributed by atoms with van der Waals surface area (Å²) in [5.74, 6) is -0.119. The zero-order valence-corrected chi connectivity index (χ0v) is 32.4. The number of allylic oxidation sites excluding steroid dienone is 9. The molecule has 0 saturated heterocycles. The molecule has 0 fully saturated rings. The van der Waals surface area contributed by atoms with Crippen molar-refractivity contribution in [2.24, 2.45) is 0 Å². The van der Waals surface area contributed by atoms with Gasteiger partial charge >= 0.3 is 0 Å². The predicted octanol–water partition coefficient (Wildman–Crippen LogP) is 13.0. The lowest BCUT2D eigenvalue weighted by atomic mass is 10.0. The average Bonchev–Trinajstić information content (AvgIpc) is 3.10. The van der Waals surface area contributed by atoms with Crippen molar-refractivity contribution in [1.82, 2.24) is 5.32 Å². The summed E-state index contributed by atoms with van der Waals surface area (Å²) in [4.78, 5) is 12.3. The summed E-state index contributed by atoms with van der Waals surface area (Å²) < 4.78 is 0. The van der Waals surface area contributed by atoms with Crippen LogP contribution in [-0.4, -0.2) is 34.9 Å². The molecule has 2 atom stereocenters. The van der Waals surface area contributed by atoms with Crippen molar-refractivity contribution in [3.05, 3.63) is 60.8 Å². The fourth-order valence-corrected chi connectivity index (χ4v) is 5.99. The van der Waals surface area contributed by atoms with E-state index in [4.69, 9.17) is 0 Å². The second-order valence-corrected chi connectivity index (χ2v) is 14.1. The van der Waals surface area contributed by atoms with Gasteiger partial charge in [-0.1, -0.05) is 197 Å². The highest BCUT2D eigenvalue weighted by atomic mass is 16.3. The molecule has 0 spiro atoms. The summed E-state index contributed by atoms with van der Waals surface area (Å²) in [7, 11) is 0. The molecule has 49 heavy (non-hydrogen) atoms. The fourth-order valence-electron chi connectivity index (χ4n) is 5.99. The quantitative estimate of drug-likeness (QED) is 0.0451. The Balaban J connectivity index is 3.72. The molecule has 0 heterocycles. The molecule has 1 amide bonds. The molecule has 4 nitrogen and oxygen atoms in total. The molecule has 0 radical (unpaired) electrons. The second-order valence-electron chi connectivity index (χ2n) is 14.1. The molecule has 284 valence electrons. The Labute approximate surface area is 305 Å². The molecular formula is C45H81NO3. The Morgan fingerprint density at radius 1 is 0.490 bits per heavy atom. The van der Waals surface area contributed by atoms with E-state index < -0.39 is 12.1 Å². The summed E-state index contributed by atoms with van der Waals surface area (Å²) in [6, 6.07) is -0.652. The Morgan fingerprint density at radius 2 is 0.837 bits per heavy atom. The topological polar surface area (TPSA) is 69.6 Å². The van der Waals surface area contributed by atoms with Crippen LogP contribution >= 0.6 is 0 Å². The van der Waals surface area contributed by atoms with E-state index >= 15 is 0 Å². The number of amides is 1. The Hall–Kier alpha value is -1.91. The summed E-state index contributed by atoms with van der Waals surface area (Å²) in [6.07, 6.45) is 56.1. The zero-order valence-electron chi connectivity index (χ0n) is 32.4. The van der Waals surface area contributed by atoms with Crippen molar-refractivity contribution in [1.29, 1.82) is 0 Å². The first kappa shape index (κ1) is 47.1. The first-order valence-electron chi connectivity index (χ1n) is 21.0. The van der Waals surface area contributed by atoms with E-state index in [9.17, 15) is 15.0 Å². The van der Waals surface area contributed by atoms with Gasteiger partial charge in [0.2, 0.25) is 5.91 Å². The molecule has 0 saturated carbocycles. The molecule has 0 aliphatic heterocycles. The summed E-state index contributed by atoms with van der Waals surface area (Å²) in [6.45, 7) is 4.28. The van der Waals surface area contributed by atoms with E-state index in [1.807, 2.05) is 6.08 Å². The Bertz CT molecular complexity index is 827. The van der Waals surface area contributed by atoms with Crippen molar-refractivity contribution in [3.8, 4) is 0 Å². The summed E-state index contributed by atoms with van der Waals surface area (Å²) in [5, 5.41) is 22.9. The highest BCUT2D eigenvalue weighted by molar-refractivity contribution is 5.76. The van der Waals surface area contributed by atoms with Crippen LogP contribution in [0.5, 0.6) is 0 Å². The predicted molar refractivity (Wildman–Crippen MR) is 216 cm³/mol. The minimum absolute atomic E-state index is 0.119. The molecule has 0 rings (SSSR count). The Morgan fingerprint density at radius 3 is 1.24 bits per heavy atom. The highest BCUT2D eigenvalue weighted by Crippen LogP contribution is 2.14. The van der Waals surface area contributed by atoms with Gasteiger partial charge in [-0.25, -0.2) is 0 Å². The standard InChI is InChI=1S/C45H81NO3/c1-3-5-7-9-11-13-15-17-19-21-22-23-24-25-27-29-31-33-35-37-39-41-45(49)46-43(42-47)44(48)40-38-36-34-32-30-28-26-20-18-16-14-12-10-8-6-4-2/h19,21,23-24,27,29,33,35,38,40,43-44,47-48H,3-18,20,22,25-26,28,30-32,34,36-37,39,41-42H2,1-2H3,(H,46,49)/b21-19+,24-23+,29-27+,35-33+,40-38+/t43-,44+/m0/s1. The molecule has 0 aliphatic rings. The second kappa shape index (κ2) is 40.5. The van der Waals surface area contributed by atoms with Crippen LogP contribution in [0, 0.1) is 0 Å². The van der Waals surface area contributed by atoms with Crippen LogP contribution in [0.1, 0.15) is 200 Å². The van der Waals surface area contributed by atoms with E-state index in [-0.39, 0.29) is 12.5 Å². The smallest absolute Gasteiger partial charge is 0.220 e. The lowest BCUT2D eigenvalue weighted by Crippen LogP contribution is -2.45. The van der Waals surface area contributed by atoms with Crippen LogP contribution in [-0.2, 0) is 4.79 Å². The van der Waals surface area contributed by atoms with Crippen molar-refractivity contribution in [2.75, 3.05) is 6.61 Å². The number of rotatable bonds is 37. The van der Waals surface area contributed by atoms with Gasteiger partial charge < -0.3 is 15.5 Å². The molecular weight excluding hydrogens is 602 g/mol. The maximum atomic E-state index is 12.3. The largest absolute Gasteiger partial charge is 0.394 e. The molecule has 0 unspecified atom stereocenters. The molecule has 4 heteroatoms. The summed E-state index contributed by atoms with van der Waals surface area (Å²) >= 11 is 0. The van der Waals surface area contributed by atoms with Crippen LogP contribution in [0.4, 0.5) is 0 Å². The maximum Gasteiger partial charge on any atom is 0.220 e. The molecule has 0 aliphatic carbocycles. The summed E-state index contributed by atoms with van der Waals surface area (Å²) in [5.41, 5.74) is 0. The van der Waals surface area contributed by atoms with Gasteiger partial charge in [0.1, 0.15) is 0 Å². The number of carbonyl (C=O) groups is 1. The fraction of sp³-hybridized carbons (Fsp3) is 0.756. The van der Waals surface area contributed by atoms with Crippen LogP contribution in [0.25, 0.3) is 0 Å². The lowest BCUT2D eigenvalue weighted by Gasteiger charge is -2.19. The van der Waals surface area contributed by atoms with E-state index in [0.717, 1.165) is 44.9 Å². The monoisotopic (exact) mass is 684 g/mol. The van der Waals surface area contributed by atoms with E-state index in [2.05, 4.69) is 67.8 Å². The van der Waals surface area contributed by atoms with Crippen LogP contribution < -0.4 is 5.32 Å². The normalized spacial score (nSPS) is 13.6. The van der Waals surface area contributed by atoms with Gasteiger partial charge in [-0.2, -0.15) is 0 Å². The zero-order chi connectivity index (χ0) is 35.7. The van der Waals surface area contributed by atoms with Gasteiger partial charge in [0.15, 0.2) is 0 Å². The van der Waals surface area contributed by atoms with Crippen molar-refractivity contribution in [2.45, 2.75) is 212 Å². The number of aliphatic hydroxyl groups is 2. The van der Waals surface area contributed by atoms with Crippen LogP contribution in [0.3, 0.4) is 0 Å². The minimum atomic E-state index is -0.863. The first-order valence-corrected chi connectivity index (χ1v) is 21.0. The van der Waals surface area contributed by atoms with Gasteiger partial charge in [0.05, 0.1) is 18.8 Å². The van der Waals surface area contributed by atoms with E-state index in [1.165, 1.54) is 135 Å². The van der Waals surface area contributed by atoms with E-state index in [1.54, 1.807) is 6.08 Å². The molecule has 0 aromatic carbocycles. The number of carbonyl (C=O) groups excluding carboxylic acids is 1. The maximum absolute atomic E-state index is 12.3.